The molecule has 0 spiro atoms. The molecule has 1 amide bonds. The standard InChI is InChI=1S/C9H19NO4.I2/c1-3-7(2)8(14)10-9(4-11,5-12)6-13;1-2/h7,11-13H,3-6H2,1-2H3,(H,10,14);. The Morgan fingerprint density at radius 1 is 1.25 bits per heavy atom. The van der Waals surface area contributed by atoms with Crippen LogP contribution < -0.4 is 5.32 Å². The maximum absolute atomic E-state index is 11.4. The van der Waals surface area contributed by atoms with Gasteiger partial charge in [-0.1, -0.05) is 13.8 Å². The molecule has 1 atom stereocenters. The lowest BCUT2D eigenvalue weighted by Crippen LogP contribution is -2.58. The summed E-state index contributed by atoms with van der Waals surface area (Å²) in [6.07, 6.45) is 0.671. The molecule has 0 aromatic heterocycles. The van der Waals surface area contributed by atoms with Crippen molar-refractivity contribution in [1.29, 1.82) is 0 Å². The summed E-state index contributed by atoms with van der Waals surface area (Å²) in [5.74, 6) is -0.469. The number of aliphatic hydroxyl groups is 3. The van der Waals surface area contributed by atoms with E-state index in [0.29, 0.717) is 6.42 Å². The molecule has 0 aliphatic carbocycles. The number of aliphatic hydroxyl groups excluding tert-OH is 3. The van der Waals surface area contributed by atoms with Gasteiger partial charge in [-0.25, -0.2) is 0 Å². The maximum Gasteiger partial charge on any atom is 0.223 e. The molecule has 0 radical (unpaired) electrons. The van der Waals surface area contributed by atoms with Crippen LogP contribution in [0.2, 0.25) is 0 Å². The van der Waals surface area contributed by atoms with E-state index in [0.717, 1.165) is 0 Å². The van der Waals surface area contributed by atoms with Crippen molar-refractivity contribution in [2.45, 2.75) is 25.8 Å². The summed E-state index contributed by atoms with van der Waals surface area (Å²) in [5.41, 5.74) is -1.31. The molecule has 0 rings (SSSR count). The summed E-state index contributed by atoms with van der Waals surface area (Å²) in [6, 6.07) is 0. The van der Waals surface area contributed by atoms with E-state index in [4.69, 9.17) is 15.3 Å². The predicted octanol–water partition coefficient (Wildman–Crippen LogP) is 0.636. The predicted molar refractivity (Wildman–Crippen MR) is 79.6 cm³/mol. The highest BCUT2D eigenvalue weighted by Crippen LogP contribution is 2.06. The second-order valence-corrected chi connectivity index (χ2v) is 3.55. The van der Waals surface area contributed by atoms with E-state index in [2.05, 4.69) is 42.5 Å². The average molecular weight is 459 g/mol. The van der Waals surface area contributed by atoms with Gasteiger partial charge in [-0.2, -0.15) is 0 Å². The molecule has 0 saturated heterocycles. The van der Waals surface area contributed by atoms with Gasteiger partial charge in [-0.05, 0) is 6.42 Å². The fourth-order valence-electron chi connectivity index (χ4n) is 0.839. The maximum atomic E-state index is 11.4. The number of hydrogen-bond acceptors (Lipinski definition) is 4. The third-order valence-corrected chi connectivity index (χ3v) is 2.36. The van der Waals surface area contributed by atoms with Crippen LogP contribution in [0, 0.1) is 5.92 Å². The van der Waals surface area contributed by atoms with E-state index < -0.39 is 25.4 Å². The zero-order chi connectivity index (χ0) is 13.2. The highest BCUT2D eigenvalue weighted by molar-refractivity contribution is 15.0. The first kappa shape index (κ1) is 19.2. The molecule has 0 bridgehead atoms. The first-order valence-corrected chi connectivity index (χ1v) is 11.1. The van der Waals surface area contributed by atoms with Crippen molar-refractivity contribution in [2.75, 3.05) is 19.8 Å². The Balaban J connectivity index is 0. The van der Waals surface area contributed by atoms with Crippen molar-refractivity contribution < 1.29 is 20.1 Å². The molecule has 1 unspecified atom stereocenters. The molecular weight excluding hydrogens is 440 g/mol. The number of rotatable bonds is 6. The lowest BCUT2D eigenvalue weighted by Gasteiger charge is -2.29. The minimum Gasteiger partial charge on any atom is -0.394 e. The van der Waals surface area contributed by atoms with Crippen LogP contribution in [0.5, 0.6) is 0 Å². The van der Waals surface area contributed by atoms with Crippen LogP contribution in [0.4, 0.5) is 0 Å². The van der Waals surface area contributed by atoms with Crippen LogP contribution in [-0.4, -0.2) is 46.6 Å². The van der Waals surface area contributed by atoms with Crippen LogP contribution >= 0.6 is 37.2 Å². The lowest BCUT2D eigenvalue weighted by atomic mass is 10.0. The topological polar surface area (TPSA) is 89.8 Å². The molecule has 0 aromatic carbocycles. The number of carbonyl (C=O) groups is 1. The van der Waals surface area contributed by atoms with Crippen molar-refractivity contribution in [2.24, 2.45) is 5.92 Å². The molecule has 5 nitrogen and oxygen atoms in total. The Kier molecular flexibility index (Phi) is 13.1. The van der Waals surface area contributed by atoms with Crippen molar-refractivity contribution in [3.8, 4) is 0 Å². The van der Waals surface area contributed by atoms with Crippen molar-refractivity contribution in [3.05, 3.63) is 0 Å². The summed E-state index contributed by atoms with van der Waals surface area (Å²) in [4.78, 5) is 11.4. The monoisotopic (exact) mass is 459 g/mol. The van der Waals surface area contributed by atoms with E-state index in [1.54, 1.807) is 6.92 Å². The zero-order valence-corrected chi connectivity index (χ0v) is 13.7. The van der Waals surface area contributed by atoms with Gasteiger partial charge in [0.1, 0.15) is 5.54 Å². The molecule has 4 N–H and O–H groups in total. The zero-order valence-electron chi connectivity index (χ0n) is 9.41. The SMILES string of the molecule is CCC(C)C(=O)NC(CO)(CO)CO.II. The quantitative estimate of drug-likeness (QED) is 0.440. The summed E-state index contributed by atoms with van der Waals surface area (Å²) in [6.45, 7) is 2.15. The Morgan fingerprint density at radius 2 is 1.62 bits per heavy atom. The van der Waals surface area contributed by atoms with Gasteiger partial charge in [0.15, 0.2) is 0 Å². The summed E-state index contributed by atoms with van der Waals surface area (Å²) < 4.78 is 0. The van der Waals surface area contributed by atoms with E-state index >= 15 is 0 Å². The molecule has 16 heavy (non-hydrogen) atoms. The summed E-state index contributed by atoms with van der Waals surface area (Å²) in [5, 5.41) is 29.3. The number of carbonyl (C=O) groups excluding carboxylic acids is 1. The van der Waals surface area contributed by atoms with Gasteiger partial charge >= 0.3 is 0 Å². The first-order chi connectivity index (χ1) is 7.55. The van der Waals surface area contributed by atoms with Crippen LogP contribution in [-0.2, 0) is 4.79 Å². The molecule has 0 aliphatic heterocycles. The first-order valence-electron chi connectivity index (χ1n) is 4.84. The van der Waals surface area contributed by atoms with Gasteiger partial charge in [0.05, 0.1) is 19.8 Å². The van der Waals surface area contributed by atoms with Gasteiger partial charge in [0, 0.05) is 43.1 Å². The Labute approximate surface area is 119 Å². The molecule has 98 valence electrons. The largest absolute Gasteiger partial charge is 0.394 e. The highest BCUT2D eigenvalue weighted by Gasteiger charge is 2.30. The number of nitrogens with one attached hydrogen (secondary N) is 1. The second kappa shape index (κ2) is 10.9. The Bertz CT molecular complexity index is 180. The molecule has 0 fully saturated rings. The van der Waals surface area contributed by atoms with Crippen molar-refractivity contribution in [3.63, 3.8) is 0 Å². The van der Waals surface area contributed by atoms with Gasteiger partial charge < -0.3 is 20.6 Å². The minimum atomic E-state index is -1.31. The van der Waals surface area contributed by atoms with Crippen LogP contribution in [0.15, 0.2) is 0 Å². The van der Waals surface area contributed by atoms with Gasteiger partial charge in [0.25, 0.3) is 0 Å². The highest BCUT2D eigenvalue weighted by atomic mass is 128. The lowest BCUT2D eigenvalue weighted by molar-refractivity contribution is -0.128. The van der Waals surface area contributed by atoms with Crippen LogP contribution in [0.1, 0.15) is 20.3 Å². The Hall–Kier alpha value is 0.810. The third kappa shape index (κ3) is 6.52. The molecule has 7 heteroatoms. The Morgan fingerprint density at radius 3 is 1.88 bits per heavy atom. The van der Waals surface area contributed by atoms with Crippen molar-refractivity contribution in [1.82, 2.24) is 5.32 Å². The van der Waals surface area contributed by atoms with Gasteiger partial charge in [-0.3, -0.25) is 4.79 Å². The van der Waals surface area contributed by atoms with E-state index in [1.807, 2.05) is 6.92 Å². The van der Waals surface area contributed by atoms with Crippen LogP contribution in [0.3, 0.4) is 0 Å². The summed E-state index contributed by atoms with van der Waals surface area (Å²) in [7, 11) is 0. The van der Waals surface area contributed by atoms with E-state index in [-0.39, 0.29) is 11.8 Å². The molecule has 0 aromatic rings. The average Bonchev–Trinajstić information content (AvgIpc) is 2.37. The smallest absolute Gasteiger partial charge is 0.223 e. The third-order valence-electron chi connectivity index (χ3n) is 2.36. The second-order valence-electron chi connectivity index (χ2n) is 3.55. The molecule has 0 aliphatic rings. The minimum absolute atomic E-state index is 0.195. The number of hydrogen-bond donors (Lipinski definition) is 4. The fraction of sp³-hybridized carbons (Fsp3) is 0.889. The van der Waals surface area contributed by atoms with Crippen LogP contribution in [0.25, 0.3) is 0 Å². The van der Waals surface area contributed by atoms with E-state index in [9.17, 15) is 4.79 Å². The molecular formula is C9H19I2NO4. The van der Waals surface area contributed by atoms with E-state index in [1.165, 1.54) is 0 Å². The fourth-order valence-corrected chi connectivity index (χ4v) is 0.839. The number of halogens is 2. The van der Waals surface area contributed by atoms with Gasteiger partial charge in [-0.15, -0.1) is 0 Å². The molecule has 0 heterocycles. The summed E-state index contributed by atoms with van der Waals surface area (Å²) >= 11 is 4.24. The van der Waals surface area contributed by atoms with Gasteiger partial charge in [0.2, 0.25) is 5.91 Å². The molecule has 0 saturated carbocycles. The normalized spacial score (nSPS) is 12.4. The number of amides is 1. The van der Waals surface area contributed by atoms with Crippen molar-refractivity contribution >= 4 is 43.1 Å².